The van der Waals surface area contributed by atoms with Gasteiger partial charge in [-0.25, -0.2) is 0 Å². The van der Waals surface area contributed by atoms with Crippen molar-refractivity contribution in [3.05, 3.63) is 59.9 Å². The highest BCUT2D eigenvalue weighted by Crippen LogP contribution is 2.27. The third-order valence-corrected chi connectivity index (χ3v) is 3.76. The van der Waals surface area contributed by atoms with E-state index in [4.69, 9.17) is 4.42 Å². The summed E-state index contributed by atoms with van der Waals surface area (Å²) in [6.07, 6.45) is 0.859. The highest BCUT2D eigenvalue weighted by atomic mass is 16.3. The zero-order valence-electron chi connectivity index (χ0n) is 13.3. The number of fused-ring (bicyclic) bond motifs is 1. The van der Waals surface area contributed by atoms with Crippen LogP contribution in [-0.4, -0.2) is 5.91 Å². The molecular weight excluding hydrogens is 288 g/mol. The minimum atomic E-state index is -0.0729. The minimum Gasteiger partial charge on any atom is -0.461 e. The lowest BCUT2D eigenvalue weighted by molar-refractivity contribution is -0.114. The predicted octanol–water partition coefficient (Wildman–Crippen LogP) is 4.57. The number of anilines is 2. The number of aryl methyl sites for hydroxylation is 1. The number of amides is 1. The van der Waals surface area contributed by atoms with Crippen LogP contribution in [0.25, 0.3) is 11.0 Å². The topological polar surface area (TPSA) is 54.3 Å². The maximum Gasteiger partial charge on any atom is 0.221 e. The minimum absolute atomic E-state index is 0.0729. The fraction of sp³-hybridized carbons (Fsp3) is 0.211. The molecule has 1 amide bonds. The summed E-state index contributed by atoms with van der Waals surface area (Å²) in [7, 11) is 0. The number of rotatable bonds is 5. The maximum absolute atomic E-state index is 11.2. The van der Waals surface area contributed by atoms with Crippen molar-refractivity contribution in [2.24, 2.45) is 0 Å². The fourth-order valence-electron chi connectivity index (χ4n) is 2.73. The molecule has 0 saturated heterocycles. The van der Waals surface area contributed by atoms with Gasteiger partial charge in [0.2, 0.25) is 5.91 Å². The predicted molar refractivity (Wildman–Crippen MR) is 93.7 cm³/mol. The Hall–Kier alpha value is -2.75. The molecule has 0 saturated carbocycles. The number of carbonyl (C=O) groups excluding carboxylic acids is 1. The van der Waals surface area contributed by atoms with E-state index in [-0.39, 0.29) is 5.91 Å². The van der Waals surface area contributed by atoms with Gasteiger partial charge in [0.25, 0.3) is 0 Å². The van der Waals surface area contributed by atoms with Crippen LogP contribution in [0.4, 0.5) is 11.4 Å². The van der Waals surface area contributed by atoms with Gasteiger partial charge in [-0.2, -0.15) is 0 Å². The quantitative estimate of drug-likeness (QED) is 0.726. The molecule has 0 atom stereocenters. The van der Waals surface area contributed by atoms with Crippen molar-refractivity contribution in [3.63, 3.8) is 0 Å². The van der Waals surface area contributed by atoms with Crippen molar-refractivity contribution >= 4 is 28.3 Å². The molecule has 3 aromatic rings. The van der Waals surface area contributed by atoms with Crippen molar-refractivity contribution in [1.29, 1.82) is 0 Å². The highest BCUT2D eigenvalue weighted by Gasteiger charge is 2.12. The number of hydrogen-bond donors (Lipinski definition) is 2. The Morgan fingerprint density at radius 1 is 1.09 bits per heavy atom. The van der Waals surface area contributed by atoms with E-state index in [1.165, 1.54) is 12.5 Å². The van der Waals surface area contributed by atoms with Crippen LogP contribution >= 0.6 is 0 Å². The second kappa shape index (κ2) is 6.57. The fourth-order valence-corrected chi connectivity index (χ4v) is 2.73. The molecule has 0 radical (unpaired) electrons. The SMILES string of the molecule is CCc1oc2ccccc2c1CNc1cccc(NC(C)=O)c1. The number of hydrogen-bond acceptors (Lipinski definition) is 3. The number of benzene rings is 2. The molecule has 2 aromatic carbocycles. The first-order valence-electron chi connectivity index (χ1n) is 7.78. The summed E-state index contributed by atoms with van der Waals surface area (Å²) >= 11 is 0. The van der Waals surface area contributed by atoms with Crippen molar-refractivity contribution in [3.8, 4) is 0 Å². The maximum atomic E-state index is 11.2. The lowest BCUT2D eigenvalue weighted by atomic mass is 10.1. The largest absolute Gasteiger partial charge is 0.461 e. The second-order valence-corrected chi connectivity index (χ2v) is 5.47. The highest BCUT2D eigenvalue weighted by molar-refractivity contribution is 5.89. The average molecular weight is 308 g/mol. The standard InChI is InChI=1S/C19H20N2O2/c1-3-18-17(16-9-4-5-10-19(16)23-18)12-20-14-7-6-8-15(11-14)21-13(2)22/h4-11,20H,3,12H2,1-2H3,(H,21,22). The van der Waals surface area contributed by atoms with Crippen LogP contribution < -0.4 is 10.6 Å². The molecule has 4 heteroatoms. The summed E-state index contributed by atoms with van der Waals surface area (Å²) in [4.78, 5) is 11.2. The van der Waals surface area contributed by atoms with Gasteiger partial charge in [0.05, 0.1) is 0 Å². The summed E-state index contributed by atoms with van der Waals surface area (Å²) in [5.41, 5.74) is 3.86. The van der Waals surface area contributed by atoms with Crippen molar-refractivity contribution < 1.29 is 9.21 Å². The van der Waals surface area contributed by atoms with Crippen LogP contribution in [0.2, 0.25) is 0 Å². The van der Waals surface area contributed by atoms with Gasteiger partial charge in [0, 0.05) is 42.2 Å². The van der Waals surface area contributed by atoms with Gasteiger partial charge < -0.3 is 15.1 Å². The van der Waals surface area contributed by atoms with E-state index in [0.717, 1.165) is 34.5 Å². The average Bonchev–Trinajstić information content (AvgIpc) is 2.90. The van der Waals surface area contributed by atoms with Crippen LogP contribution in [0.3, 0.4) is 0 Å². The van der Waals surface area contributed by atoms with Crippen LogP contribution in [0.5, 0.6) is 0 Å². The zero-order chi connectivity index (χ0) is 16.2. The Morgan fingerprint density at radius 2 is 1.87 bits per heavy atom. The van der Waals surface area contributed by atoms with E-state index < -0.39 is 0 Å². The third kappa shape index (κ3) is 3.37. The number of furan rings is 1. The van der Waals surface area contributed by atoms with E-state index in [9.17, 15) is 4.79 Å². The lowest BCUT2D eigenvalue weighted by Gasteiger charge is -2.09. The van der Waals surface area contributed by atoms with E-state index in [1.54, 1.807) is 0 Å². The molecule has 1 aromatic heterocycles. The summed E-state index contributed by atoms with van der Waals surface area (Å²) in [5.74, 6) is 0.938. The second-order valence-electron chi connectivity index (χ2n) is 5.47. The number of nitrogens with one attached hydrogen (secondary N) is 2. The van der Waals surface area contributed by atoms with Gasteiger partial charge in [-0.15, -0.1) is 0 Å². The molecule has 0 fully saturated rings. The number of para-hydroxylation sites is 1. The first kappa shape index (κ1) is 15.2. The first-order chi connectivity index (χ1) is 11.2. The molecule has 23 heavy (non-hydrogen) atoms. The molecule has 1 heterocycles. The summed E-state index contributed by atoms with van der Waals surface area (Å²) < 4.78 is 5.92. The van der Waals surface area contributed by atoms with E-state index in [2.05, 4.69) is 23.6 Å². The molecule has 0 unspecified atom stereocenters. The molecule has 3 rings (SSSR count). The molecular formula is C19H20N2O2. The molecule has 0 aliphatic heterocycles. The van der Waals surface area contributed by atoms with Gasteiger partial charge in [-0.3, -0.25) is 4.79 Å². The lowest BCUT2D eigenvalue weighted by Crippen LogP contribution is -2.06. The molecule has 0 aliphatic carbocycles. The van der Waals surface area contributed by atoms with Crippen molar-refractivity contribution in [2.45, 2.75) is 26.8 Å². The zero-order valence-corrected chi connectivity index (χ0v) is 13.3. The Kier molecular flexibility index (Phi) is 4.33. The summed E-state index contributed by atoms with van der Waals surface area (Å²) in [6, 6.07) is 15.8. The van der Waals surface area contributed by atoms with Crippen LogP contribution in [0.1, 0.15) is 25.2 Å². The number of carbonyl (C=O) groups is 1. The molecule has 0 spiro atoms. The smallest absolute Gasteiger partial charge is 0.221 e. The normalized spacial score (nSPS) is 10.7. The summed E-state index contributed by atoms with van der Waals surface area (Å²) in [5, 5.41) is 7.36. The Bertz CT molecular complexity index is 836. The molecule has 0 bridgehead atoms. The van der Waals surface area contributed by atoms with Crippen molar-refractivity contribution in [1.82, 2.24) is 0 Å². The van der Waals surface area contributed by atoms with Crippen LogP contribution in [0, 0.1) is 0 Å². The molecule has 2 N–H and O–H groups in total. The van der Waals surface area contributed by atoms with Gasteiger partial charge in [-0.05, 0) is 24.3 Å². The Morgan fingerprint density at radius 3 is 2.65 bits per heavy atom. The Balaban J connectivity index is 1.82. The third-order valence-electron chi connectivity index (χ3n) is 3.76. The van der Waals surface area contributed by atoms with E-state index in [1.807, 2.05) is 42.5 Å². The first-order valence-corrected chi connectivity index (χ1v) is 7.78. The monoisotopic (exact) mass is 308 g/mol. The van der Waals surface area contributed by atoms with Gasteiger partial charge in [0.1, 0.15) is 11.3 Å². The van der Waals surface area contributed by atoms with Gasteiger partial charge >= 0.3 is 0 Å². The molecule has 4 nitrogen and oxygen atoms in total. The van der Waals surface area contributed by atoms with Crippen LogP contribution in [0.15, 0.2) is 52.9 Å². The van der Waals surface area contributed by atoms with Crippen molar-refractivity contribution in [2.75, 3.05) is 10.6 Å². The van der Waals surface area contributed by atoms with Gasteiger partial charge in [-0.1, -0.05) is 31.2 Å². The van der Waals surface area contributed by atoms with E-state index in [0.29, 0.717) is 6.54 Å². The van der Waals surface area contributed by atoms with Crippen LogP contribution in [-0.2, 0) is 17.8 Å². The Labute approximate surface area is 135 Å². The summed E-state index contributed by atoms with van der Waals surface area (Å²) in [6.45, 7) is 4.29. The van der Waals surface area contributed by atoms with E-state index >= 15 is 0 Å². The molecule has 118 valence electrons. The van der Waals surface area contributed by atoms with Gasteiger partial charge in [0.15, 0.2) is 0 Å². The molecule has 0 aliphatic rings.